The lowest BCUT2D eigenvalue weighted by Crippen LogP contribution is -2.31. The molecule has 2 fully saturated rings. The summed E-state index contributed by atoms with van der Waals surface area (Å²) in [5.41, 5.74) is 0.376. The van der Waals surface area contributed by atoms with Crippen molar-refractivity contribution in [2.45, 2.75) is 32.1 Å². The fraction of sp³-hybridized carbons (Fsp3) is 1.00. The van der Waals surface area contributed by atoms with Crippen LogP contribution in [0.2, 0.25) is 0 Å². The molecular formula is C11H21NO. The van der Waals surface area contributed by atoms with E-state index in [4.69, 9.17) is 0 Å². The van der Waals surface area contributed by atoms with E-state index in [2.05, 4.69) is 11.9 Å². The molecule has 76 valence electrons. The van der Waals surface area contributed by atoms with Crippen molar-refractivity contribution in [1.29, 1.82) is 0 Å². The van der Waals surface area contributed by atoms with Crippen LogP contribution in [0.5, 0.6) is 0 Å². The quantitative estimate of drug-likeness (QED) is 0.716. The average Bonchev–Trinajstić information content (AvgIpc) is 2.90. The van der Waals surface area contributed by atoms with Gasteiger partial charge in [0.15, 0.2) is 0 Å². The van der Waals surface area contributed by atoms with Gasteiger partial charge in [0.05, 0.1) is 0 Å². The molecule has 1 aliphatic carbocycles. The summed E-state index contributed by atoms with van der Waals surface area (Å²) in [4.78, 5) is 2.41. The average molecular weight is 183 g/mol. The Bertz CT molecular complexity index is 169. The standard InChI is InChI=1S/C11H21NO/c1-12-6-2-10(3-7-12)8-11(9-13)4-5-11/h10,13H,2-9H2,1H3. The van der Waals surface area contributed by atoms with Crippen molar-refractivity contribution in [3.63, 3.8) is 0 Å². The maximum absolute atomic E-state index is 9.23. The highest BCUT2D eigenvalue weighted by molar-refractivity contribution is 4.94. The zero-order valence-electron chi connectivity index (χ0n) is 8.63. The molecule has 0 unspecified atom stereocenters. The molecule has 2 rings (SSSR count). The van der Waals surface area contributed by atoms with Crippen LogP contribution in [-0.4, -0.2) is 36.8 Å². The summed E-state index contributed by atoms with van der Waals surface area (Å²) < 4.78 is 0. The third-order valence-corrected chi connectivity index (χ3v) is 3.85. The molecule has 2 aliphatic rings. The number of likely N-dealkylation sites (tertiary alicyclic amines) is 1. The summed E-state index contributed by atoms with van der Waals surface area (Å²) in [6, 6.07) is 0. The largest absolute Gasteiger partial charge is 0.396 e. The normalized spacial score (nSPS) is 29.1. The second-order valence-electron chi connectivity index (χ2n) is 5.11. The molecular weight excluding hydrogens is 162 g/mol. The topological polar surface area (TPSA) is 23.5 Å². The van der Waals surface area contributed by atoms with Crippen molar-refractivity contribution < 1.29 is 5.11 Å². The highest BCUT2D eigenvalue weighted by Gasteiger charge is 2.43. The van der Waals surface area contributed by atoms with Gasteiger partial charge in [0, 0.05) is 6.61 Å². The van der Waals surface area contributed by atoms with Crippen molar-refractivity contribution in [3.8, 4) is 0 Å². The summed E-state index contributed by atoms with van der Waals surface area (Å²) >= 11 is 0. The van der Waals surface area contributed by atoms with Crippen LogP contribution in [0.1, 0.15) is 32.1 Å². The van der Waals surface area contributed by atoms with Gasteiger partial charge in [0.1, 0.15) is 0 Å². The third-order valence-electron chi connectivity index (χ3n) is 3.85. The van der Waals surface area contributed by atoms with Crippen LogP contribution in [0.15, 0.2) is 0 Å². The van der Waals surface area contributed by atoms with Gasteiger partial charge >= 0.3 is 0 Å². The van der Waals surface area contributed by atoms with E-state index in [1.165, 1.54) is 45.2 Å². The fourth-order valence-electron chi connectivity index (χ4n) is 2.48. The van der Waals surface area contributed by atoms with Crippen LogP contribution >= 0.6 is 0 Å². The first-order valence-corrected chi connectivity index (χ1v) is 5.53. The molecule has 0 atom stereocenters. The molecule has 0 amide bonds. The van der Waals surface area contributed by atoms with E-state index in [0.717, 1.165) is 5.92 Å². The minimum Gasteiger partial charge on any atom is -0.396 e. The lowest BCUT2D eigenvalue weighted by molar-refractivity contribution is 0.146. The van der Waals surface area contributed by atoms with Crippen LogP contribution < -0.4 is 0 Å². The van der Waals surface area contributed by atoms with E-state index < -0.39 is 0 Å². The first-order chi connectivity index (χ1) is 6.24. The van der Waals surface area contributed by atoms with Crippen LogP contribution in [-0.2, 0) is 0 Å². The van der Waals surface area contributed by atoms with Gasteiger partial charge in [-0.25, -0.2) is 0 Å². The molecule has 1 saturated carbocycles. The SMILES string of the molecule is CN1CCC(CC2(CO)CC2)CC1. The number of hydrogen-bond donors (Lipinski definition) is 1. The highest BCUT2D eigenvalue weighted by Crippen LogP contribution is 2.51. The molecule has 1 N–H and O–H groups in total. The lowest BCUT2D eigenvalue weighted by Gasteiger charge is -2.30. The highest BCUT2D eigenvalue weighted by atomic mass is 16.3. The summed E-state index contributed by atoms with van der Waals surface area (Å²) in [6.45, 7) is 2.94. The summed E-state index contributed by atoms with van der Waals surface area (Å²) in [6.07, 6.45) is 6.53. The molecule has 0 spiro atoms. The van der Waals surface area contributed by atoms with Crippen molar-refractivity contribution in [2.24, 2.45) is 11.3 Å². The number of nitrogens with zero attached hydrogens (tertiary/aromatic N) is 1. The Kier molecular flexibility index (Phi) is 2.61. The summed E-state index contributed by atoms with van der Waals surface area (Å²) in [5, 5.41) is 9.23. The predicted octanol–water partition coefficient (Wildman–Crippen LogP) is 1.49. The Hall–Kier alpha value is -0.0800. The molecule has 2 nitrogen and oxygen atoms in total. The first kappa shape index (κ1) is 9.47. The number of rotatable bonds is 3. The minimum absolute atomic E-state index is 0.376. The smallest absolute Gasteiger partial charge is 0.0487 e. The lowest BCUT2D eigenvalue weighted by atomic mass is 9.86. The zero-order chi connectivity index (χ0) is 9.31. The molecule has 13 heavy (non-hydrogen) atoms. The number of aliphatic hydroxyl groups is 1. The van der Waals surface area contributed by atoms with Gasteiger partial charge in [-0.05, 0) is 63.6 Å². The van der Waals surface area contributed by atoms with Crippen LogP contribution in [0.25, 0.3) is 0 Å². The molecule has 1 saturated heterocycles. The Morgan fingerprint density at radius 2 is 1.92 bits per heavy atom. The Morgan fingerprint density at radius 1 is 1.31 bits per heavy atom. The molecule has 0 aromatic rings. The summed E-state index contributed by atoms with van der Waals surface area (Å²) in [5.74, 6) is 0.894. The molecule has 1 aliphatic heterocycles. The van der Waals surface area contributed by atoms with Crippen LogP contribution in [0, 0.1) is 11.3 Å². The zero-order valence-corrected chi connectivity index (χ0v) is 8.63. The van der Waals surface area contributed by atoms with E-state index in [1.807, 2.05) is 0 Å². The Morgan fingerprint density at radius 3 is 2.38 bits per heavy atom. The van der Waals surface area contributed by atoms with Crippen LogP contribution in [0.3, 0.4) is 0 Å². The van der Waals surface area contributed by atoms with E-state index in [-0.39, 0.29) is 0 Å². The number of piperidine rings is 1. The van der Waals surface area contributed by atoms with E-state index in [0.29, 0.717) is 12.0 Å². The van der Waals surface area contributed by atoms with Gasteiger partial charge in [0.25, 0.3) is 0 Å². The second-order valence-corrected chi connectivity index (χ2v) is 5.11. The monoisotopic (exact) mass is 183 g/mol. The van der Waals surface area contributed by atoms with E-state index >= 15 is 0 Å². The minimum atomic E-state index is 0.376. The fourth-order valence-corrected chi connectivity index (χ4v) is 2.48. The number of aliphatic hydroxyl groups excluding tert-OH is 1. The maximum atomic E-state index is 9.23. The Labute approximate surface area is 80.9 Å². The predicted molar refractivity (Wildman–Crippen MR) is 53.6 cm³/mol. The molecule has 0 radical (unpaired) electrons. The molecule has 1 heterocycles. The van der Waals surface area contributed by atoms with Gasteiger partial charge in [-0.1, -0.05) is 0 Å². The molecule has 0 bridgehead atoms. The van der Waals surface area contributed by atoms with E-state index in [1.54, 1.807) is 0 Å². The van der Waals surface area contributed by atoms with Gasteiger partial charge < -0.3 is 10.0 Å². The van der Waals surface area contributed by atoms with Gasteiger partial charge in [0.2, 0.25) is 0 Å². The van der Waals surface area contributed by atoms with E-state index in [9.17, 15) is 5.11 Å². The summed E-state index contributed by atoms with van der Waals surface area (Å²) in [7, 11) is 2.20. The second kappa shape index (κ2) is 3.58. The van der Waals surface area contributed by atoms with Crippen molar-refractivity contribution in [1.82, 2.24) is 4.90 Å². The van der Waals surface area contributed by atoms with Crippen LogP contribution in [0.4, 0.5) is 0 Å². The van der Waals surface area contributed by atoms with Crippen molar-refractivity contribution in [2.75, 3.05) is 26.7 Å². The van der Waals surface area contributed by atoms with Gasteiger partial charge in [-0.3, -0.25) is 0 Å². The molecule has 0 aromatic heterocycles. The molecule has 0 aromatic carbocycles. The number of hydrogen-bond acceptors (Lipinski definition) is 2. The third kappa shape index (κ3) is 2.23. The van der Waals surface area contributed by atoms with Gasteiger partial charge in [-0.2, -0.15) is 0 Å². The van der Waals surface area contributed by atoms with Crippen molar-refractivity contribution >= 4 is 0 Å². The first-order valence-electron chi connectivity index (χ1n) is 5.53. The molecule has 2 heteroatoms. The maximum Gasteiger partial charge on any atom is 0.0487 e. The Balaban J connectivity index is 1.76. The van der Waals surface area contributed by atoms with Gasteiger partial charge in [-0.15, -0.1) is 0 Å². The van der Waals surface area contributed by atoms with Crippen molar-refractivity contribution in [3.05, 3.63) is 0 Å².